The molecule has 76 valence electrons. The Bertz CT molecular complexity index is 366. The van der Waals surface area contributed by atoms with E-state index >= 15 is 0 Å². The minimum Gasteiger partial charge on any atom is -0.382 e. The molecule has 3 rings (SSSR count). The number of nitrogens with zero attached hydrogens (tertiary/aromatic N) is 3. The van der Waals surface area contributed by atoms with Gasteiger partial charge in [-0.05, 0) is 19.3 Å². The van der Waals surface area contributed by atoms with Crippen LogP contribution < -0.4 is 0 Å². The normalized spacial score (nSPS) is 36.9. The molecule has 0 spiro atoms. The average Bonchev–Trinajstić information content (AvgIpc) is 2.72. The summed E-state index contributed by atoms with van der Waals surface area (Å²) in [5.74, 6) is 0. The molecule has 6 nitrogen and oxygen atoms in total. The molecule has 0 unspecified atom stereocenters. The van der Waals surface area contributed by atoms with Crippen LogP contribution in [-0.2, 0) is 12.0 Å². The molecule has 2 aliphatic rings. The highest BCUT2D eigenvalue weighted by atomic mass is 16.6. The van der Waals surface area contributed by atoms with Crippen LogP contribution in [0.4, 0.5) is 0 Å². The molecular weight excluding hydrogens is 186 g/mol. The van der Waals surface area contributed by atoms with Crippen molar-refractivity contribution in [2.75, 3.05) is 6.54 Å². The minimum atomic E-state index is -1.07. The monoisotopic (exact) mass is 197 g/mol. The van der Waals surface area contributed by atoms with Crippen LogP contribution in [0.3, 0.4) is 0 Å². The predicted molar refractivity (Wildman–Crippen MR) is 43.4 cm³/mol. The molecule has 0 aromatic carbocycles. The Morgan fingerprint density at radius 2 is 2.36 bits per heavy atom. The zero-order valence-electron chi connectivity index (χ0n) is 7.55. The van der Waals surface area contributed by atoms with Gasteiger partial charge < -0.3 is 10.3 Å². The summed E-state index contributed by atoms with van der Waals surface area (Å²) in [5, 5.41) is 28.6. The van der Waals surface area contributed by atoms with E-state index in [2.05, 4.69) is 14.9 Å². The van der Waals surface area contributed by atoms with Crippen LogP contribution in [0.25, 0.3) is 0 Å². The standard InChI is InChI=1S/C8H11N3O3/c12-8-3-4-11(13)6(8)2-1-5-7(8)10-14-9-5/h6,12-13H,1-4H2/t6-,8+/m0/s1. The molecule has 2 heterocycles. The smallest absolute Gasteiger partial charge is 0.141 e. The number of hydrogen-bond donors (Lipinski definition) is 2. The molecule has 14 heavy (non-hydrogen) atoms. The van der Waals surface area contributed by atoms with E-state index < -0.39 is 5.60 Å². The summed E-state index contributed by atoms with van der Waals surface area (Å²) in [6.07, 6.45) is 1.87. The Kier molecular flexibility index (Phi) is 1.51. The van der Waals surface area contributed by atoms with E-state index in [1.807, 2.05) is 0 Å². The fourth-order valence-electron chi connectivity index (χ4n) is 2.49. The van der Waals surface area contributed by atoms with Gasteiger partial charge in [-0.15, -0.1) is 0 Å². The molecule has 0 bridgehead atoms. The molecule has 1 aromatic heterocycles. The SMILES string of the molecule is ON1CC[C@]2(O)c3nonc3CC[C@H]12. The van der Waals surface area contributed by atoms with Gasteiger partial charge in [-0.2, -0.15) is 5.06 Å². The lowest BCUT2D eigenvalue weighted by Gasteiger charge is -2.33. The van der Waals surface area contributed by atoms with Gasteiger partial charge in [-0.3, -0.25) is 0 Å². The van der Waals surface area contributed by atoms with Crippen molar-refractivity contribution in [3.8, 4) is 0 Å². The Balaban J connectivity index is 2.11. The van der Waals surface area contributed by atoms with Gasteiger partial charge in [-0.25, -0.2) is 4.63 Å². The third-order valence-electron chi connectivity index (χ3n) is 3.25. The average molecular weight is 197 g/mol. The molecule has 2 N–H and O–H groups in total. The summed E-state index contributed by atoms with van der Waals surface area (Å²) in [5.41, 5.74) is 0.159. The van der Waals surface area contributed by atoms with E-state index in [0.717, 1.165) is 5.69 Å². The van der Waals surface area contributed by atoms with Gasteiger partial charge in [0.2, 0.25) is 0 Å². The van der Waals surface area contributed by atoms with Gasteiger partial charge in [0, 0.05) is 6.54 Å². The van der Waals surface area contributed by atoms with E-state index in [-0.39, 0.29) is 6.04 Å². The van der Waals surface area contributed by atoms with E-state index in [4.69, 9.17) is 0 Å². The van der Waals surface area contributed by atoms with Gasteiger partial charge in [0.25, 0.3) is 0 Å². The largest absolute Gasteiger partial charge is 0.382 e. The number of rotatable bonds is 0. The van der Waals surface area contributed by atoms with Crippen molar-refractivity contribution in [2.24, 2.45) is 0 Å². The van der Waals surface area contributed by atoms with Crippen molar-refractivity contribution in [2.45, 2.75) is 30.9 Å². The maximum Gasteiger partial charge on any atom is 0.141 e. The Hall–Kier alpha value is -0.980. The van der Waals surface area contributed by atoms with Crippen LogP contribution in [0.15, 0.2) is 4.63 Å². The first-order chi connectivity index (χ1) is 6.72. The van der Waals surface area contributed by atoms with Crippen molar-refractivity contribution in [1.82, 2.24) is 15.4 Å². The van der Waals surface area contributed by atoms with Gasteiger partial charge in [0.1, 0.15) is 17.0 Å². The summed E-state index contributed by atoms with van der Waals surface area (Å²) >= 11 is 0. The molecule has 0 radical (unpaired) electrons. The van der Waals surface area contributed by atoms with Crippen LogP contribution in [0.5, 0.6) is 0 Å². The van der Waals surface area contributed by atoms with Crippen molar-refractivity contribution >= 4 is 0 Å². The lowest BCUT2D eigenvalue weighted by atomic mass is 9.81. The van der Waals surface area contributed by atoms with Crippen LogP contribution >= 0.6 is 0 Å². The molecule has 2 atom stereocenters. The lowest BCUT2D eigenvalue weighted by molar-refractivity contribution is -0.144. The van der Waals surface area contributed by atoms with Crippen molar-refractivity contribution in [1.29, 1.82) is 0 Å². The maximum absolute atomic E-state index is 10.4. The Morgan fingerprint density at radius 3 is 3.21 bits per heavy atom. The van der Waals surface area contributed by atoms with E-state index in [1.54, 1.807) is 0 Å². The molecule has 1 fully saturated rings. The van der Waals surface area contributed by atoms with Crippen LogP contribution in [-0.4, -0.2) is 38.3 Å². The number of hydrogen-bond acceptors (Lipinski definition) is 6. The van der Waals surface area contributed by atoms with Gasteiger partial charge in [0.15, 0.2) is 0 Å². The minimum absolute atomic E-state index is 0.262. The van der Waals surface area contributed by atoms with Crippen LogP contribution in [0.2, 0.25) is 0 Å². The summed E-state index contributed by atoms with van der Waals surface area (Å²) in [6, 6.07) is -0.262. The third kappa shape index (κ3) is 0.853. The fraction of sp³-hybridized carbons (Fsp3) is 0.750. The number of fused-ring (bicyclic) bond motifs is 3. The number of hydroxylamine groups is 2. The number of aliphatic hydroxyl groups is 1. The van der Waals surface area contributed by atoms with Crippen molar-refractivity contribution < 1.29 is 14.9 Å². The third-order valence-corrected chi connectivity index (χ3v) is 3.25. The quantitative estimate of drug-likeness (QED) is 0.592. The van der Waals surface area contributed by atoms with Crippen LogP contribution in [0.1, 0.15) is 24.2 Å². The predicted octanol–water partition coefficient (Wildman–Crippen LogP) is -0.333. The highest BCUT2D eigenvalue weighted by molar-refractivity contribution is 5.25. The lowest BCUT2D eigenvalue weighted by Crippen LogP contribution is -2.45. The molecule has 0 amide bonds. The Morgan fingerprint density at radius 1 is 1.50 bits per heavy atom. The molecular formula is C8H11N3O3. The summed E-state index contributed by atoms with van der Waals surface area (Å²) in [7, 11) is 0. The topological polar surface area (TPSA) is 82.6 Å². The van der Waals surface area contributed by atoms with Crippen molar-refractivity contribution in [3.05, 3.63) is 11.4 Å². The first kappa shape index (κ1) is 8.34. The highest BCUT2D eigenvalue weighted by Gasteiger charge is 2.52. The molecule has 6 heteroatoms. The van der Waals surface area contributed by atoms with Gasteiger partial charge in [0.05, 0.1) is 6.04 Å². The molecule has 1 aromatic rings. The zero-order valence-corrected chi connectivity index (χ0v) is 7.55. The maximum atomic E-state index is 10.4. The van der Waals surface area contributed by atoms with Gasteiger partial charge in [-0.1, -0.05) is 10.3 Å². The summed E-state index contributed by atoms with van der Waals surface area (Å²) < 4.78 is 4.62. The fourth-order valence-corrected chi connectivity index (χ4v) is 2.49. The van der Waals surface area contributed by atoms with Gasteiger partial charge >= 0.3 is 0 Å². The molecule has 1 saturated heterocycles. The second-order valence-electron chi connectivity index (χ2n) is 3.95. The number of aryl methyl sites for hydroxylation is 1. The summed E-state index contributed by atoms with van der Waals surface area (Å²) in [4.78, 5) is 0. The zero-order chi connectivity index (χ0) is 9.76. The summed E-state index contributed by atoms with van der Waals surface area (Å²) in [6.45, 7) is 0.466. The molecule has 0 saturated carbocycles. The van der Waals surface area contributed by atoms with Crippen LogP contribution in [0, 0.1) is 0 Å². The first-order valence-corrected chi connectivity index (χ1v) is 4.71. The second-order valence-corrected chi connectivity index (χ2v) is 3.95. The van der Waals surface area contributed by atoms with E-state index in [9.17, 15) is 10.3 Å². The van der Waals surface area contributed by atoms with E-state index in [1.165, 1.54) is 5.06 Å². The highest BCUT2D eigenvalue weighted by Crippen LogP contribution is 2.42. The van der Waals surface area contributed by atoms with Crippen molar-refractivity contribution in [3.63, 3.8) is 0 Å². The van der Waals surface area contributed by atoms with E-state index in [0.29, 0.717) is 31.5 Å². The Labute approximate surface area is 80.0 Å². The number of aromatic nitrogens is 2. The molecule has 1 aliphatic heterocycles. The first-order valence-electron chi connectivity index (χ1n) is 4.71. The molecule has 1 aliphatic carbocycles. The second kappa shape index (κ2) is 2.53.